The van der Waals surface area contributed by atoms with Gasteiger partial charge in [0.25, 0.3) is 0 Å². The Morgan fingerprint density at radius 1 is 1.13 bits per heavy atom. The number of hydrogen-bond acceptors (Lipinski definition) is 2. The van der Waals surface area contributed by atoms with Crippen molar-refractivity contribution in [3.63, 3.8) is 0 Å². The molecule has 1 aromatic carbocycles. The van der Waals surface area contributed by atoms with Gasteiger partial charge in [-0.05, 0) is 31.4 Å². The second-order valence-electron chi connectivity index (χ2n) is 6.46. The summed E-state index contributed by atoms with van der Waals surface area (Å²) >= 11 is 5.91. The molecule has 0 radical (unpaired) electrons. The lowest BCUT2D eigenvalue weighted by Crippen LogP contribution is -2.36. The zero-order chi connectivity index (χ0) is 16.3. The maximum atomic E-state index is 12.1. The first-order valence-corrected chi connectivity index (χ1v) is 9.43. The summed E-state index contributed by atoms with van der Waals surface area (Å²) in [6.07, 6.45) is 7.64. The molecule has 4 heteroatoms. The predicted octanol–water partition coefficient (Wildman–Crippen LogP) is 3.96. The van der Waals surface area contributed by atoms with Crippen LogP contribution in [0.1, 0.15) is 50.5 Å². The summed E-state index contributed by atoms with van der Waals surface area (Å²) in [5.74, 6) is 0.837. The van der Waals surface area contributed by atoms with Gasteiger partial charge in [0, 0.05) is 31.4 Å². The van der Waals surface area contributed by atoms with Crippen LogP contribution in [0.2, 0.25) is 0 Å². The SMILES string of the molecule is O=C(CCCN(CCCl)Cc1ccccc1)NC1CCCCC1. The van der Waals surface area contributed by atoms with Crippen molar-refractivity contribution in [3.8, 4) is 0 Å². The second-order valence-corrected chi connectivity index (χ2v) is 6.83. The Labute approximate surface area is 145 Å². The van der Waals surface area contributed by atoms with Gasteiger partial charge < -0.3 is 5.32 Å². The van der Waals surface area contributed by atoms with Crippen molar-refractivity contribution < 1.29 is 4.79 Å². The highest BCUT2D eigenvalue weighted by atomic mass is 35.5. The topological polar surface area (TPSA) is 32.3 Å². The Balaban J connectivity index is 1.67. The Hall–Kier alpha value is -1.06. The number of halogens is 1. The smallest absolute Gasteiger partial charge is 0.220 e. The number of carbonyl (C=O) groups excluding carboxylic acids is 1. The maximum absolute atomic E-state index is 12.1. The van der Waals surface area contributed by atoms with Crippen LogP contribution in [0.4, 0.5) is 0 Å². The minimum Gasteiger partial charge on any atom is -0.353 e. The molecule has 1 N–H and O–H groups in total. The molecule has 0 saturated heterocycles. The van der Waals surface area contributed by atoms with E-state index >= 15 is 0 Å². The highest BCUT2D eigenvalue weighted by molar-refractivity contribution is 6.18. The van der Waals surface area contributed by atoms with Crippen molar-refractivity contribution in [2.75, 3.05) is 19.0 Å². The van der Waals surface area contributed by atoms with Crippen LogP contribution in [-0.2, 0) is 11.3 Å². The van der Waals surface area contributed by atoms with Crippen LogP contribution >= 0.6 is 11.6 Å². The quantitative estimate of drug-likeness (QED) is 0.692. The monoisotopic (exact) mass is 336 g/mol. The number of amides is 1. The molecule has 0 aromatic heterocycles. The van der Waals surface area contributed by atoms with Gasteiger partial charge in [-0.2, -0.15) is 0 Å². The molecule has 1 aliphatic carbocycles. The van der Waals surface area contributed by atoms with Gasteiger partial charge in [0.05, 0.1) is 0 Å². The van der Waals surface area contributed by atoms with E-state index in [2.05, 4.69) is 34.5 Å². The van der Waals surface area contributed by atoms with E-state index in [1.807, 2.05) is 6.07 Å². The first-order valence-electron chi connectivity index (χ1n) is 8.89. The van der Waals surface area contributed by atoms with E-state index in [1.165, 1.54) is 24.8 Å². The lowest BCUT2D eigenvalue weighted by molar-refractivity contribution is -0.122. The summed E-state index contributed by atoms with van der Waals surface area (Å²) < 4.78 is 0. The number of nitrogens with one attached hydrogen (secondary N) is 1. The number of rotatable bonds is 9. The molecule has 0 atom stereocenters. The van der Waals surface area contributed by atoms with Crippen LogP contribution < -0.4 is 5.32 Å². The highest BCUT2D eigenvalue weighted by Gasteiger charge is 2.15. The zero-order valence-electron chi connectivity index (χ0n) is 14.0. The van der Waals surface area contributed by atoms with Crippen LogP contribution in [0, 0.1) is 0 Å². The first-order chi connectivity index (χ1) is 11.3. The van der Waals surface area contributed by atoms with Gasteiger partial charge in [0.1, 0.15) is 0 Å². The number of benzene rings is 1. The fourth-order valence-corrected chi connectivity index (χ4v) is 3.48. The molecule has 0 bridgehead atoms. The number of alkyl halides is 1. The summed E-state index contributed by atoms with van der Waals surface area (Å²) in [7, 11) is 0. The van der Waals surface area contributed by atoms with Gasteiger partial charge in [-0.15, -0.1) is 11.6 Å². The molecule has 1 fully saturated rings. The minimum atomic E-state index is 0.211. The van der Waals surface area contributed by atoms with E-state index < -0.39 is 0 Å². The van der Waals surface area contributed by atoms with E-state index in [0.29, 0.717) is 18.3 Å². The molecule has 0 spiro atoms. The molecule has 0 unspecified atom stereocenters. The Bertz CT molecular complexity index is 446. The molecular weight excluding hydrogens is 308 g/mol. The van der Waals surface area contributed by atoms with Crippen molar-refractivity contribution >= 4 is 17.5 Å². The van der Waals surface area contributed by atoms with Crippen LogP contribution in [0.15, 0.2) is 30.3 Å². The van der Waals surface area contributed by atoms with Gasteiger partial charge in [-0.25, -0.2) is 0 Å². The Morgan fingerprint density at radius 3 is 2.57 bits per heavy atom. The van der Waals surface area contributed by atoms with Gasteiger partial charge in [0.2, 0.25) is 5.91 Å². The summed E-state index contributed by atoms with van der Waals surface area (Å²) in [5.41, 5.74) is 1.30. The average molecular weight is 337 g/mol. The second kappa shape index (κ2) is 10.7. The molecule has 1 aromatic rings. The van der Waals surface area contributed by atoms with Crippen molar-refractivity contribution in [2.45, 2.75) is 57.5 Å². The summed E-state index contributed by atoms with van der Waals surface area (Å²) in [5, 5.41) is 3.19. The van der Waals surface area contributed by atoms with Crippen LogP contribution in [0.3, 0.4) is 0 Å². The molecule has 0 aliphatic heterocycles. The third-order valence-corrected chi connectivity index (χ3v) is 4.67. The van der Waals surface area contributed by atoms with Crippen LogP contribution in [0.5, 0.6) is 0 Å². The van der Waals surface area contributed by atoms with Crippen molar-refractivity contribution in [3.05, 3.63) is 35.9 Å². The van der Waals surface area contributed by atoms with Crippen molar-refractivity contribution in [1.29, 1.82) is 0 Å². The Kier molecular flexibility index (Phi) is 8.48. The molecule has 1 amide bonds. The van der Waals surface area contributed by atoms with E-state index in [0.717, 1.165) is 38.9 Å². The van der Waals surface area contributed by atoms with E-state index in [-0.39, 0.29) is 5.91 Å². The lowest BCUT2D eigenvalue weighted by atomic mass is 9.95. The fourth-order valence-electron chi connectivity index (χ4n) is 3.24. The van der Waals surface area contributed by atoms with Crippen molar-refractivity contribution in [2.24, 2.45) is 0 Å². The largest absolute Gasteiger partial charge is 0.353 e. The van der Waals surface area contributed by atoms with Crippen LogP contribution in [-0.4, -0.2) is 35.8 Å². The summed E-state index contributed by atoms with van der Waals surface area (Å²) in [6, 6.07) is 10.8. The number of carbonyl (C=O) groups is 1. The number of hydrogen-bond donors (Lipinski definition) is 1. The molecule has 23 heavy (non-hydrogen) atoms. The Morgan fingerprint density at radius 2 is 1.87 bits per heavy atom. The zero-order valence-corrected chi connectivity index (χ0v) is 14.7. The standard InChI is InChI=1S/C19H29ClN2O/c20-13-15-22(16-17-8-3-1-4-9-17)14-7-12-19(23)21-18-10-5-2-6-11-18/h1,3-4,8-9,18H,2,5-7,10-16H2,(H,21,23). The van der Waals surface area contributed by atoms with Gasteiger partial charge in [0.15, 0.2) is 0 Å². The molecule has 0 heterocycles. The maximum Gasteiger partial charge on any atom is 0.220 e. The predicted molar refractivity (Wildman–Crippen MR) is 96.7 cm³/mol. The molecular formula is C19H29ClN2O. The average Bonchev–Trinajstić information content (AvgIpc) is 2.57. The van der Waals surface area contributed by atoms with E-state index in [1.54, 1.807) is 0 Å². The van der Waals surface area contributed by atoms with E-state index in [9.17, 15) is 4.79 Å². The van der Waals surface area contributed by atoms with E-state index in [4.69, 9.17) is 11.6 Å². The normalized spacial score (nSPS) is 15.7. The molecule has 2 rings (SSSR count). The number of nitrogens with zero attached hydrogens (tertiary/aromatic N) is 1. The highest BCUT2D eigenvalue weighted by Crippen LogP contribution is 2.17. The van der Waals surface area contributed by atoms with Crippen LogP contribution in [0.25, 0.3) is 0 Å². The minimum absolute atomic E-state index is 0.211. The van der Waals surface area contributed by atoms with Crippen molar-refractivity contribution in [1.82, 2.24) is 10.2 Å². The fraction of sp³-hybridized carbons (Fsp3) is 0.632. The summed E-state index contributed by atoms with van der Waals surface area (Å²) in [6.45, 7) is 2.68. The van der Waals surface area contributed by atoms with Gasteiger partial charge >= 0.3 is 0 Å². The first kappa shape index (κ1) is 18.3. The third-order valence-electron chi connectivity index (χ3n) is 4.50. The van der Waals surface area contributed by atoms with Gasteiger partial charge in [-0.1, -0.05) is 49.6 Å². The molecule has 1 aliphatic rings. The lowest BCUT2D eigenvalue weighted by Gasteiger charge is -2.24. The van der Waals surface area contributed by atoms with Gasteiger partial charge in [-0.3, -0.25) is 9.69 Å². The third kappa shape index (κ3) is 7.36. The summed E-state index contributed by atoms with van der Waals surface area (Å²) in [4.78, 5) is 14.4. The molecule has 1 saturated carbocycles. The molecule has 128 valence electrons. The molecule has 3 nitrogen and oxygen atoms in total.